The second-order valence-electron chi connectivity index (χ2n) is 6.57. The Morgan fingerprint density at radius 2 is 1.41 bits per heavy atom. The second-order valence-corrected chi connectivity index (χ2v) is 6.57. The highest BCUT2D eigenvalue weighted by Crippen LogP contribution is 2.38. The molecule has 0 saturated carbocycles. The lowest BCUT2D eigenvalue weighted by molar-refractivity contribution is -0.136. The zero-order chi connectivity index (χ0) is 21.6. The predicted octanol–water partition coefficient (Wildman–Crippen LogP) is 4.08. The van der Waals surface area contributed by atoms with Gasteiger partial charge in [-0.15, -0.1) is 0 Å². The number of carbonyl (C=O) groups is 2. The fourth-order valence-electron chi connectivity index (χ4n) is 2.89. The van der Waals surface area contributed by atoms with Crippen molar-refractivity contribution in [2.45, 2.75) is 20.8 Å². The Morgan fingerprint density at radius 3 is 1.97 bits per heavy atom. The maximum absolute atomic E-state index is 12.4. The summed E-state index contributed by atoms with van der Waals surface area (Å²) < 4.78 is 20.9. The fraction of sp³-hybridized carbons (Fsp3) is 0.304. The Hall–Kier alpha value is -3.28. The van der Waals surface area contributed by atoms with Crippen molar-refractivity contribution in [3.8, 4) is 17.2 Å². The molecule has 29 heavy (non-hydrogen) atoms. The van der Waals surface area contributed by atoms with E-state index in [1.807, 2.05) is 32.9 Å². The molecule has 2 aromatic carbocycles. The molecule has 0 heterocycles. The molecular formula is C23H26O6. The largest absolute Gasteiger partial charge is 0.493 e. The number of hydrogen-bond donors (Lipinski definition) is 0. The Bertz CT molecular complexity index is 918. The summed E-state index contributed by atoms with van der Waals surface area (Å²) in [7, 11) is 4.54. The van der Waals surface area contributed by atoms with Crippen LogP contribution in [0.2, 0.25) is 0 Å². The van der Waals surface area contributed by atoms with E-state index in [0.717, 1.165) is 16.7 Å². The second kappa shape index (κ2) is 9.78. The van der Waals surface area contributed by atoms with E-state index in [9.17, 15) is 9.59 Å². The van der Waals surface area contributed by atoms with Gasteiger partial charge in [0, 0.05) is 11.6 Å². The van der Waals surface area contributed by atoms with Crippen LogP contribution >= 0.6 is 0 Å². The number of rotatable bonds is 8. The van der Waals surface area contributed by atoms with E-state index in [1.54, 1.807) is 18.2 Å². The highest BCUT2D eigenvalue weighted by Gasteiger charge is 2.14. The first-order valence-electron chi connectivity index (χ1n) is 9.06. The van der Waals surface area contributed by atoms with Gasteiger partial charge >= 0.3 is 5.97 Å². The third-order valence-electron chi connectivity index (χ3n) is 4.59. The van der Waals surface area contributed by atoms with Gasteiger partial charge in [0.2, 0.25) is 11.5 Å². The van der Waals surface area contributed by atoms with Crippen LogP contribution in [0.4, 0.5) is 0 Å². The van der Waals surface area contributed by atoms with Crippen molar-refractivity contribution < 1.29 is 28.5 Å². The number of benzene rings is 2. The Kier molecular flexibility index (Phi) is 7.42. The minimum Gasteiger partial charge on any atom is -0.493 e. The molecule has 0 N–H and O–H groups in total. The molecule has 0 aromatic heterocycles. The van der Waals surface area contributed by atoms with Crippen LogP contribution in [0.5, 0.6) is 17.2 Å². The van der Waals surface area contributed by atoms with Crippen molar-refractivity contribution in [3.63, 3.8) is 0 Å². The standard InChI is InChI=1S/C23H26O6/c1-14-9-16(3)18(10-15(14)2)19(24)13-29-22(25)8-7-17-11-20(26-4)23(28-6)21(12-17)27-5/h7-12H,13H2,1-6H3/b8-7+. The number of methoxy groups -OCH3 is 3. The molecule has 0 fully saturated rings. The van der Waals surface area contributed by atoms with Crippen molar-refractivity contribution in [2.75, 3.05) is 27.9 Å². The average molecular weight is 398 g/mol. The zero-order valence-electron chi connectivity index (χ0n) is 17.6. The zero-order valence-corrected chi connectivity index (χ0v) is 17.6. The van der Waals surface area contributed by atoms with E-state index in [2.05, 4.69) is 0 Å². The number of aryl methyl sites for hydroxylation is 3. The van der Waals surface area contributed by atoms with Crippen LogP contribution in [-0.4, -0.2) is 39.7 Å². The topological polar surface area (TPSA) is 71.1 Å². The lowest BCUT2D eigenvalue weighted by Gasteiger charge is -2.12. The monoisotopic (exact) mass is 398 g/mol. The highest BCUT2D eigenvalue weighted by molar-refractivity contribution is 6.00. The molecule has 6 nitrogen and oxygen atoms in total. The van der Waals surface area contributed by atoms with Gasteiger partial charge in [0.1, 0.15) is 0 Å². The lowest BCUT2D eigenvalue weighted by Crippen LogP contribution is -2.14. The smallest absolute Gasteiger partial charge is 0.331 e. The minimum absolute atomic E-state index is 0.236. The molecule has 0 aliphatic carbocycles. The van der Waals surface area contributed by atoms with Gasteiger partial charge in [0.05, 0.1) is 21.3 Å². The van der Waals surface area contributed by atoms with Crippen molar-refractivity contribution in [1.29, 1.82) is 0 Å². The molecule has 0 amide bonds. The minimum atomic E-state index is -0.617. The quantitative estimate of drug-likeness (QED) is 0.379. The normalized spacial score (nSPS) is 10.7. The first kappa shape index (κ1) is 22.0. The Labute approximate surface area is 171 Å². The van der Waals surface area contributed by atoms with E-state index in [4.69, 9.17) is 18.9 Å². The lowest BCUT2D eigenvalue weighted by atomic mass is 9.98. The molecule has 0 aliphatic heterocycles. The van der Waals surface area contributed by atoms with Gasteiger partial charge in [0.25, 0.3) is 0 Å². The molecule has 0 spiro atoms. The number of Topliss-reactive ketones (excluding diaryl/α,β-unsaturated/α-hetero) is 1. The third kappa shape index (κ3) is 5.38. The van der Waals surface area contributed by atoms with Gasteiger partial charge in [-0.1, -0.05) is 6.07 Å². The van der Waals surface area contributed by atoms with Crippen molar-refractivity contribution in [1.82, 2.24) is 0 Å². The molecule has 0 saturated heterocycles. The van der Waals surface area contributed by atoms with Crippen LogP contribution in [0, 0.1) is 20.8 Å². The van der Waals surface area contributed by atoms with Crippen molar-refractivity contribution in [3.05, 3.63) is 58.2 Å². The maximum Gasteiger partial charge on any atom is 0.331 e. The van der Waals surface area contributed by atoms with Crippen LogP contribution in [0.15, 0.2) is 30.3 Å². The summed E-state index contributed by atoms with van der Waals surface area (Å²) in [6, 6.07) is 7.19. The molecule has 6 heteroatoms. The summed E-state index contributed by atoms with van der Waals surface area (Å²) >= 11 is 0. The van der Waals surface area contributed by atoms with Crippen LogP contribution in [0.3, 0.4) is 0 Å². The van der Waals surface area contributed by atoms with E-state index >= 15 is 0 Å². The summed E-state index contributed by atoms with van der Waals surface area (Å²) in [5, 5.41) is 0. The van der Waals surface area contributed by atoms with Gasteiger partial charge in [-0.3, -0.25) is 4.79 Å². The first-order valence-corrected chi connectivity index (χ1v) is 9.06. The number of hydrogen-bond acceptors (Lipinski definition) is 6. The summed E-state index contributed by atoms with van der Waals surface area (Å²) in [6.45, 7) is 5.48. The highest BCUT2D eigenvalue weighted by atomic mass is 16.5. The molecule has 0 bridgehead atoms. The van der Waals surface area contributed by atoms with Crippen molar-refractivity contribution in [2.24, 2.45) is 0 Å². The Balaban J connectivity index is 2.07. The van der Waals surface area contributed by atoms with Gasteiger partial charge < -0.3 is 18.9 Å². The summed E-state index contributed by atoms with van der Waals surface area (Å²) in [4.78, 5) is 24.4. The van der Waals surface area contributed by atoms with Gasteiger partial charge in [-0.05, 0) is 67.3 Å². The number of ether oxygens (including phenoxy) is 4. The van der Waals surface area contributed by atoms with Gasteiger partial charge in [0.15, 0.2) is 18.1 Å². The molecule has 0 atom stereocenters. The molecule has 154 valence electrons. The summed E-state index contributed by atoms with van der Waals surface area (Å²) in [5.41, 5.74) is 4.22. The van der Waals surface area contributed by atoms with Gasteiger partial charge in [-0.25, -0.2) is 4.79 Å². The number of ketones is 1. The van der Waals surface area contributed by atoms with Crippen LogP contribution in [0.1, 0.15) is 32.6 Å². The summed E-state index contributed by atoms with van der Waals surface area (Å²) in [6.07, 6.45) is 2.81. The average Bonchev–Trinajstić information content (AvgIpc) is 2.71. The first-order chi connectivity index (χ1) is 13.8. The van der Waals surface area contributed by atoms with E-state index in [-0.39, 0.29) is 12.4 Å². The van der Waals surface area contributed by atoms with Crippen LogP contribution < -0.4 is 14.2 Å². The third-order valence-corrected chi connectivity index (χ3v) is 4.59. The fourth-order valence-corrected chi connectivity index (χ4v) is 2.89. The molecule has 0 aliphatic rings. The molecule has 2 aromatic rings. The SMILES string of the molecule is COc1cc(/C=C/C(=O)OCC(=O)c2cc(C)c(C)cc2C)cc(OC)c1OC. The number of esters is 1. The molecule has 2 rings (SSSR count). The molecule has 0 radical (unpaired) electrons. The van der Waals surface area contributed by atoms with E-state index in [1.165, 1.54) is 27.4 Å². The Morgan fingerprint density at radius 1 is 0.828 bits per heavy atom. The van der Waals surface area contributed by atoms with E-state index in [0.29, 0.717) is 28.4 Å². The van der Waals surface area contributed by atoms with E-state index < -0.39 is 5.97 Å². The summed E-state index contributed by atoms with van der Waals surface area (Å²) in [5.74, 6) is 0.554. The number of carbonyl (C=O) groups excluding carboxylic acids is 2. The molecule has 0 unspecified atom stereocenters. The predicted molar refractivity (Wildman–Crippen MR) is 111 cm³/mol. The van der Waals surface area contributed by atoms with Crippen LogP contribution in [-0.2, 0) is 9.53 Å². The maximum atomic E-state index is 12.4. The van der Waals surface area contributed by atoms with Crippen molar-refractivity contribution >= 4 is 17.8 Å². The molecular weight excluding hydrogens is 372 g/mol. The van der Waals surface area contributed by atoms with Gasteiger partial charge in [-0.2, -0.15) is 0 Å². The van der Waals surface area contributed by atoms with Crippen LogP contribution in [0.25, 0.3) is 6.08 Å².